The molecule has 0 saturated carbocycles. The molecule has 8 heteroatoms. The average Bonchev–Trinajstić information content (AvgIpc) is 3.27. The van der Waals surface area contributed by atoms with Crippen molar-refractivity contribution in [3.8, 4) is 11.5 Å². The van der Waals surface area contributed by atoms with Gasteiger partial charge in [0.2, 0.25) is 5.13 Å². The molecule has 0 aliphatic heterocycles. The molecule has 0 aliphatic rings. The molecule has 0 bridgehead atoms. The number of benzene rings is 2. The van der Waals surface area contributed by atoms with Crippen molar-refractivity contribution in [3.63, 3.8) is 0 Å². The number of carbonyl (C=O) groups excluding carboxylic acids is 1. The van der Waals surface area contributed by atoms with Crippen LogP contribution in [0.5, 0.6) is 11.5 Å². The average molecular weight is 403 g/mol. The SMILES string of the molecule is O=C(Nc1nncs1)c1ccc(NCc2ccc(Oc3ccccc3)cc2)nc1. The minimum Gasteiger partial charge on any atom is -0.457 e. The molecule has 2 aromatic heterocycles. The van der Waals surface area contributed by atoms with E-state index in [0.29, 0.717) is 23.1 Å². The fraction of sp³-hybridized carbons (Fsp3) is 0.0476. The van der Waals surface area contributed by atoms with Gasteiger partial charge < -0.3 is 10.1 Å². The quantitative estimate of drug-likeness (QED) is 0.469. The molecule has 2 N–H and O–H groups in total. The van der Waals surface area contributed by atoms with Gasteiger partial charge in [-0.15, -0.1) is 10.2 Å². The first-order chi connectivity index (χ1) is 14.3. The summed E-state index contributed by atoms with van der Waals surface area (Å²) in [5.41, 5.74) is 3.10. The number of para-hydroxylation sites is 1. The minimum absolute atomic E-state index is 0.269. The van der Waals surface area contributed by atoms with E-state index >= 15 is 0 Å². The summed E-state index contributed by atoms with van der Waals surface area (Å²) >= 11 is 1.26. The van der Waals surface area contributed by atoms with Gasteiger partial charge in [-0.3, -0.25) is 10.1 Å². The first-order valence-electron chi connectivity index (χ1n) is 8.85. The van der Waals surface area contributed by atoms with E-state index in [2.05, 4.69) is 25.8 Å². The van der Waals surface area contributed by atoms with Crippen LogP contribution in [0.25, 0.3) is 0 Å². The zero-order chi connectivity index (χ0) is 19.9. The molecule has 2 aromatic carbocycles. The second kappa shape index (κ2) is 8.94. The lowest BCUT2D eigenvalue weighted by atomic mass is 10.2. The Kier molecular flexibility index (Phi) is 5.73. The molecule has 0 fully saturated rings. The molecule has 0 aliphatic carbocycles. The Hall–Kier alpha value is -3.78. The second-order valence-corrected chi connectivity index (χ2v) is 6.88. The molecule has 4 aromatic rings. The van der Waals surface area contributed by atoms with E-state index in [1.54, 1.807) is 17.6 Å². The molecule has 7 nitrogen and oxygen atoms in total. The van der Waals surface area contributed by atoms with Crippen LogP contribution in [0.15, 0.2) is 78.4 Å². The highest BCUT2D eigenvalue weighted by molar-refractivity contribution is 7.13. The van der Waals surface area contributed by atoms with Crippen molar-refractivity contribution in [2.24, 2.45) is 0 Å². The van der Waals surface area contributed by atoms with Gasteiger partial charge in [0.15, 0.2) is 0 Å². The highest BCUT2D eigenvalue weighted by atomic mass is 32.1. The van der Waals surface area contributed by atoms with E-state index in [4.69, 9.17) is 4.74 Å². The number of nitrogens with one attached hydrogen (secondary N) is 2. The first kappa shape index (κ1) is 18.6. The van der Waals surface area contributed by atoms with Crippen molar-refractivity contribution in [1.29, 1.82) is 0 Å². The summed E-state index contributed by atoms with van der Waals surface area (Å²) in [5, 5.41) is 13.8. The first-order valence-corrected chi connectivity index (χ1v) is 9.73. The number of aromatic nitrogens is 3. The van der Waals surface area contributed by atoms with Gasteiger partial charge in [-0.2, -0.15) is 0 Å². The van der Waals surface area contributed by atoms with Crippen LogP contribution in [0.1, 0.15) is 15.9 Å². The normalized spacial score (nSPS) is 10.3. The van der Waals surface area contributed by atoms with E-state index in [1.807, 2.05) is 54.6 Å². The largest absolute Gasteiger partial charge is 0.457 e. The van der Waals surface area contributed by atoms with Crippen LogP contribution in [-0.2, 0) is 6.54 Å². The zero-order valence-electron chi connectivity index (χ0n) is 15.3. The lowest BCUT2D eigenvalue weighted by Gasteiger charge is -2.09. The van der Waals surface area contributed by atoms with Crippen LogP contribution >= 0.6 is 11.3 Å². The minimum atomic E-state index is -0.269. The number of hydrogen-bond acceptors (Lipinski definition) is 7. The topological polar surface area (TPSA) is 89.0 Å². The third kappa shape index (κ3) is 5.14. The number of hydrogen-bond donors (Lipinski definition) is 2. The molecule has 2 heterocycles. The Morgan fingerprint density at radius 1 is 0.966 bits per heavy atom. The molecule has 0 unspecified atom stereocenters. The molecular formula is C21H17N5O2S. The summed E-state index contributed by atoms with van der Waals surface area (Å²) in [4.78, 5) is 16.4. The Labute approximate surface area is 171 Å². The lowest BCUT2D eigenvalue weighted by Crippen LogP contribution is -2.12. The summed E-state index contributed by atoms with van der Waals surface area (Å²) in [5.74, 6) is 2.00. The number of anilines is 2. The van der Waals surface area contributed by atoms with E-state index in [-0.39, 0.29) is 5.91 Å². The Morgan fingerprint density at radius 3 is 2.45 bits per heavy atom. The van der Waals surface area contributed by atoms with E-state index in [0.717, 1.165) is 17.1 Å². The number of carbonyl (C=O) groups is 1. The fourth-order valence-corrected chi connectivity index (χ4v) is 2.96. The van der Waals surface area contributed by atoms with Crippen molar-refractivity contribution in [2.45, 2.75) is 6.54 Å². The highest BCUT2D eigenvalue weighted by Crippen LogP contribution is 2.21. The van der Waals surface area contributed by atoms with Gasteiger partial charge in [-0.25, -0.2) is 4.98 Å². The number of ether oxygens (including phenoxy) is 1. The molecule has 29 heavy (non-hydrogen) atoms. The number of rotatable bonds is 7. The monoisotopic (exact) mass is 403 g/mol. The van der Waals surface area contributed by atoms with E-state index in [9.17, 15) is 4.79 Å². The molecule has 0 saturated heterocycles. The summed E-state index contributed by atoms with van der Waals surface area (Å²) in [7, 11) is 0. The summed E-state index contributed by atoms with van der Waals surface area (Å²) in [6, 6.07) is 21.0. The number of pyridine rings is 1. The van der Waals surface area contributed by atoms with Gasteiger partial charge >= 0.3 is 0 Å². The molecular weight excluding hydrogens is 386 g/mol. The maximum Gasteiger partial charge on any atom is 0.259 e. The molecule has 144 valence electrons. The van der Waals surface area contributed by atoms with Crippen LogP contribution < -0.4 is 15.4 Å². The number of nitrogens with zero attached hydrogens (tertiary/aromatic N) is 3. The van der Waals surface area contributed by atoms with Crippen molar-refractivity contribution in [2.75, 3.05) is 10.6 Å². The van der Waals surface area contributed by atoms with E-state index < -0.39 is 0 Å². The van der Waals surface area contributed by atoms with Gasteiger partial charge in [0.1, 0.15) is 22.8 Å². The summed E-state index contributed by atoms with van der Waals surface area (Å²) < 4.78 is 5.79. The van der Waals surface area contributed by atoms with Crippen LogP contribution in [0, 0.1) is 0 Å². The summed E-state index contributed by atoms with van der Waals surface area (Å²) in [6.45, 7) is 0.606. The summed E-state index contributed by atoms with van der Waals surface area (Å²) in [6.07, 6.45) is 1.52. The van der Waals surface area contributed by atoms with Gasteiger partial charge in [0, 0.05) is 12.7 Å². The Balaban J connectivity index is 1.30. The molecule has 4 rings (SSSR count). The molecule has 0 atom stereocenters. The van der Waals surface area contributed by atoms with Gasteiger partial charge in [-0.05, 0) is 42.0 Å². The lowest BCUT2D eigenvalue weighted by molar-refractivity contribution is 0.102. The maximum atomic E-state index is 12.1. The van der Waals surface area contributed by atoms with Crippen molar-refractivity contribution in [1.82, 2.24) is 15.2 Å². The fourth-order valence-electron chi connectivity index (χ4n) is 2.52. The third-order valence-corrected chi connectivity index (χ3v) is 4.59. The second-order valence-electron chi connectivity index (χ2n) is 6.04. The number of amides is 1. The molecule has 0 spiro atoms. The van der Waals surface area contributed by atoms with Crippen molar-refractivity contribution in [3.05, 3.63) is 89.6 Å². The highest BCUT2D eigenvalue weighted by Gasteiger charge is 2.08. The smallest absolute Gasteiger partial charge is 0.259 e. The third-order valence-electron chi connectivity index (χ3n) is 3.98. The van der Waals surface area contributed by atoms with Crippen LogP contribution in [0.2, 0.25) is 0 Å². The predicted molar refractivity (Wildman–Crippen MR) is 112 cm³/mol. The maximum absolute atomic E-state index is 12.1. The van der Waals surface area contributed by atoms with Crippen LogP contribution in [0.3, 0.4) is 0 Å². The van der Waals surface area contributed by atoms with E-state index in [1.165, 1.54) is 17.5 Å². The predicted octanol–water partition coefficient (Wildman–Crippen LogP) is 4.59. The van der Waals surface area contributed by atoms with Crippen molar-refractivity contribution < 1.29 is 9.53 Å². The van der Waals surface area contributed by atoms with Gasteiger partial charge in [-0.1, -0.05) is 41.7 Å². The van der Waals surface area contributed by atoms with Gasteiger partial charge in [0.25, 0.3) is 5.91 Å². The van der Waals surface area contributed by atoms with Gasteiger partial charge in [0.05, 0.1) is 5.56 Å². The van der Waals surface area contributed by atoms with Crippen LogP contribution in [0.4, 0.5) is 10.9 Å². The standard InChI is InChI=1S/C21H17N5O2S/c27-20(25-21-26-24-14-29-21)16-8-11-19(23-13-16)22-12-15-6-9-18(10-7-15)28-17-4-2-1-3-5-17/h1-11,13-14H,12H2,(H,22,23)(H,25,26,27). The van der Waals surface area contributed by atoms with Crippen molar-refractivity contribution >= 4 is 28.2 Å². The Bertz CT molecular complexity index is 1050. The van der Waals surface area contributed by atoms with Crippen LogP contribution in [-0.4, -0.2) is 21.1 Å². The molecule has 0 radical (unpaired) electrons. The Morgan fingerprint density at radius 2 is 1.76 bits per heavy atom. The zero-order valence-corrected chi connectivity index (χ0v) is 16.1. The molecule has 1 amide bonds.